The van der Waals surface area contributed by atoms with Crippen molar-refractivity contribution in [2.75, 3.05) is 43.5 Å². The van der Waals surface area contributed by atoms with Gasteiger partial charge in [-0.25, -0.2) is 0 Å². The molecule has 0 unspecified atom stereocenters. The number of hydrogen-bond acceptors (Lipinski definition) is 4. The predicted molar refractivity (Wildman–Crippen MR) is 90.4 cm³/mol. The van der Waals surface area contributed by atoms with E-state index in [4.69, 9.17) is 4.74 Å². The van der Waals surface area contributed by atoms with Crippen molar-refractivity contribution in [1.82, 2.24) is 4.90 Å². The second kappa shape index (κ2) is 7.57. The Labute approximate surface area is 137 Å². The summed E-state index contributed by atoms with van der Waals surface area (Å²) in [6.45, 7) is 8.80. The maximum absolute atomic E-state index is 12.1. The number of hydrogen-bond donors (Lipinski definition) is 2. The molecule has 1 aromatic carbocycles. The van der Waals surface area contributed by atoms with Crippen LogP contribution in [0.15, 0.2) is 24.3 Å². The largest absolute Gasteiger partial charge is 0.379 e. The Kier molecular flexibility index (Phi) is 5.74. The Morgan fingerprint density at radius 2 is 1.74 bits per heavy atom. The molecule has 0 bridgehead atoms. The van der Waals surface area contributed by atoms with Gasteiger partial charge in [0.2, 0.25) is 11.8 Å². The Balaban J connectivity index is 1.91. The van der Waals surface area contributed by atoms with Crippen LogP contribution < -0.4 is 10.6 Å². The summed E-state index contributed by atoms with van der Waals surface area (Å²) in [5, 5.41) is 5.73. The van der Waals surface area contributed by atoms with E-state index in [1.165, 1.54) is 0 Å². The quantitative estimate of drug-likeness (QED) is 0.890. The highest BCUT2D eigenvalue weighted by atomic mass is 16.5. The summed E-state index contributed by atoms with van der Waals surface area (Å²) in [5.41, 5.74) is 0.888. The van der Waals surface area contributed by atoms with Crippen LogP contribution in [0.3, 0.4) is 0 Å². The SMILES string of the molecule is CC(C)(C)C(=O)Nc1cccc(NC(=O)CN2CCOCC2)c1. The van der Waals surface area contributed by atoms with Gasteiger partial charge in [-0.15, -0.1) is 0 Å². The van der Waals surface area contributed by atoms with Gasteiger partial charge in [0.15, 0.2) is 0 Å². The molecule has 0 saturated carbocycles. The summed E-state index contributed by atoms with van der Waals surface area (Å²) in [5.74, 6) is -0.125. The van der Waals surface area contributed by atoms with Crippen molar-refractivity contribution < 1.29 is 14.3 Å². The van der Waals surface area contributed by atoms with Crippen molar-refractivity contribution >= 4 is 23.2 Å². The van der Waals surface area contributed by atoms with Crippen LogP contribution in [0.2, 0.25) is 0 Å². The number of benzene rings is 1. The molecule has 2 N–H and O–H groups in total. The van der Waals surface area contributed by atoms with E-state index in [9.17, 15) is 9.59 Å². The molecule has 6 heteroatoms. The third-order valence-corrected chi connectivity index (χ3v) is 3.56. The van der Waals surface area contributed by atoms with Crippen molar-refractivity contribution in [3.63, 3.8) is 0 Å². The van der Waals surface area contributed by atoms with Gasteiger partial charge in [-0.05, 0) is 18.2 Å². The fourth-order valence-electron chi connectivity index (χ4n) is 2.16. The summed E-state index contributed by atoms with van der Waals surface area (Å²) in [6, 6.07) is 7.19. The molecule has 1 aliphatic rings. The van der Waals surface area contributed by atoms with E-state index in [0.717, 1.165) is 13.1 Å². The molecule has 0 atom stereocenters. The first-order valence-electron chi connectivity index (χ1n) is 7.86. The molecule has 0 aromatic heterocycles. The lowest BCUT2D eigenvalue weighted by Gasteiger charge is -2.25. The highest BCUT2D eigenvalue weighted by molar-refractivity contribution is 5.96. The van der Waals surface area contributed by atoms with Gasteiger partial charge in [-0.1, -0.05) is 26.8 Å². The van der Waals surface area contributed by atoms with E-state index >= 15 is 0 Å². The summed E-state index contributed by atoms with van der Waals surface area (Å²) >= 11 is 0. The van der Waals surface area contributed by atoms with Crippen LogP contribution in [-0.2, 0) is 14.3 Å². The number of morpholine rings is 1. The number of nitrogens with one attached hydrogen (secondary N) is 2. The number of anilines is 2. The maximum Gasteiger partial charge on any atom is 0.238 e. The van der Waals surface area contributed by atoms with E-state index in [0.29, 0.717) is 31.1 Å². The second-order valence-electron chi connectivity index (χ2n) is 6.72. The lowest BCUT2D eigenvalue weighted by Crippen LogP contribution is -2.41. The molecule has 0 spiro atoms. The Morgan fingerprint density at radius 3 is 2.35 bits per heavy atom. The van der Waals surface area contributed by atoms with Crippen molar-refractivity contribution in [3.8, 4) is 0 Å². The molecule has 6 nitrogen and oxygen atoms in total. The zero-order valence-corrected chi connectivity index (χ0v) is 14.0. The standard InChI is InChI=1S/C17H25N3O3/c1-17(2,3)16(22)19-14-6-4-5-13(11-14)18-15(21)12-20-7-9-23-10-8-20/h4-6,11H,7-10,12H2,1-3H3,(H,18,21)(H,19,22). The van der Waals surface area contributed by atoms with Crippen LogP contribution in [0, 0.1) is 5.41 Å². The zero-order valence-electron chi connectivity index (χ0n) is 14.0. The fraction of sp³-hybridized carbons (Fsp3) is 0.529. The topological polar surface area (TPSA) is 70.7 Å². The normalized spacial score (nSPS) is 16.0. The third-order valence-electron chi connectivity index (χ3n) is 3.56. The van der Waals surface area contributed by atoms with Crippen LogP contribution in [0.4, 0.5) is 11.4 Å². The highest BCUT2D eigenvalue weighted by Gasteiger charge is 2.21. The van der Waals surface area contributed by atoms with Gasteiger partial charge >= 0.3 is 0 Å². The first-order chi connectivity index (χ1) is 10.8. The van der Waals surface area contributed by atoms with Crippen molar-refractivity contribution in [2.24, 2.45) is 5.41 Å². The molecular weight excluding hydrogens is 294 g/mol. The third kappa shape index (κ3) is 5.65. The van der Waals surface area contributed by atoms with E-state index in [-0.39, 0.29) is 11.8 Å². The number of carbonyl (C=O) groups excluding carboxylic acids is 2. The summed E-state index contributed by atoms with van der Waals surface area (Å²) in [4.78, 5) is 26.2. The monoisotopic (exact) mass is 319 g/mol. The smallest absolute Gasteiger partial charge is 0.238 e. The summed E-state index contributed by atoms with van der Waals surface area (Å²) < 4.78 is 5.27. The summed E-state index contributed by atoms with van der Waals surface area (Å²) in [6.07, 6.45) is 0. The maximum atomic E-state index is 12.1. The molecule has 23 heavy (non-hydrogen) atoms. The first-order valence-corrected chi connectivity index (χ1v) is 7.86. The average molecular weight is 319 g/mol. The minimum absolute atomic E-state index is 0.0608. The van der Waals surface area contributed by atoms with Crippen molar-refractivity contribution in [2.45, 2.75) is 20.8 Å². The summed E-state index contributed by atoms with van der Waals surface area (Å²) in [7, 11) is 0. The molecule has 1 aromatic rings. The fourth-order valence-corrected chi connectivity index (χ4v) is 2.16. The molecule has 1 heterocycles. The van der Waals surface area contributed by atoms with E-state index in [1.54, 1.807) is 12.1 Å². The first kappa shape index (κ1) is 17.4. The van der Waals surface area contributed by atoms with E-state index < -0.39 is 5.41 Å². The molecule has 0 aliphatic carbocycles. The highest BCUT2D eigenvalue weighted by Crippen LogP contribution is 2.20. The predicted octanol–water partition coefficient (Wildman–Crippen LogP) is 1.94. The van der Waals surface area contributed by atoms with Crippen LogP contribution in [0.25, 0.3) is 0 Å². The molecule has 2 amide bonds. The molecule has 1 saturated heterocycles. The van der Waals surface area contributed by atoms with Gasteiger partial charge in [-0.2, -0.15) is 0 Å². The number of rotatable bonds is 4. The number of ether oxygens (including phenoxy) is 1. The lowest BCUT2D eigenvalue weighted by molar-refractivity contribution is -0.123. The number of nitrogens with zero attached hydrogens (tertiary/aromatic N) is 1. The number of carbonyl (C=O) groups is 2. The van der Waals surface area contributed by atoms with Crippen LogP contribution in [0.5, 0.6) is 0 Å². The molecule has 2 rings (SSSR count). The van der Waals surface area contributed by atoms with Gasteiger partial charge in [0.05, 0.1) is 19.8 Å². The van der Waals surface area contributed by atoms with Crippen molar-refractivity contribution in [3.05, 3.63) is 24.3 Å². The molecule has 1 fully saturated rings. The lowest BCUT2D eigenvalue weighted by atomic mass is 9.95. The van der Waals surface area contributed by atoms with Gasteiger partial charge in [-0.3, -0.25) is 14.5 Å². The van der Waals surface area contributed by atoms with Gasteiger partial charge < -0.3 is 15.4 Å². The average Bonchev–Trinajstić information content (AvgIpc) is 2.47. The Bertz CT molecular complexity index is 560. The van der Waals surface area contributed by atoms with Crippen LogP contribution in [0.1, 0.15) is 20.8 Å². The van der Waals surface area contributed by atoms with Gasteiger partial charge in [0.25, 0.3) is 0 Å². The molecule has 1 aliphatic heterocycles. The van der Waals surface area contributed by atoms with Crippen molar-refractivity contribution in [1.29, 1.82) is 0 Å². The van der Waals surface area contributed by atoms with Gasteiger partial charge in [0.1, 0.15) is 0 Å². The second-order valence-corrected chi connectivity index (χ2v) is 6.72. The minimum atomic E-state index is -0.463. The van der Waals surface area contributed by atoms with E-state index in [2.05, 4.69) is 15.5 Å². The Morgan fingerprint density at radius 1 is 1.13 bits per heavy atom. The van der Waals surface area contributed by atoms with Gasteiger partial charge in [0, 0.05) is 29.9 Å². The molecule has 126 valence electrons. The minimum Gasteiger partial charge on any atom is -0.379 e. The molecule has 0 radical (unpaired) electrons. The Hall–Kier alpha value is -1.92. The number of amides is 2. The van der Waals surface area contributed by atoms with E-state index in [1.807, 2.05) is 32.9 Å². The molecular formula is C17H25N3O3. The van der Waals surface area contributed by atoms with Crippen LogP contribution in [-0.4, -0.2) is 49.6 Å². The zero-order chi connectivity index (χ0) is 16.9. The van der Waals surface area contributed by atoms with Crippen LogP contribution >= 0.6 is 0 Å².